The molecular formula is C28H46N6. The van der Waals surface area contributed by atoms with Crippen molar-refractivity contribution in [3.63, 3.8) is 0 Å². The summed E-state index contributed by atoms with van der Waals surface area (Å²) >= 11 is 0. The summed E-state index contributed by atoms with van der Waals surface area (Å²) in [5.41, 5.74) is 11.3. The summed E-state index contributed by atoms with van der Waals surface area (Å²) in [5.74, 6) is 1.29. The molecule has 0 amide bonds. The maximum atomic E-state index is 5.90. The summed E-state index contributed by atoms with van der Waals surface area (Å²) in [4.78, 5) is 14.0. The first kappa shape index (κ1) is 26.3. The van der Waals surface area contributed by atoms with E-state index in [4.69, 9.17) is 5.73 Å². The number of anilines is 3. The molecule has 0 atom stereocenters. The van der Waals surface area contributed by atoms with Gasteiger partial charge in [-0.15, -0.1) is 0 Å². The summed E-state index contributed by atoms with van der Waals surface area (Å²) in [5, 5.41) is 3.48. The maximum absolute atomic E-state index is 5.90. The monoisotopic (exact) mass is 466 g/mol. The number of nitrogens with one attached hydrogen (secondary N) is 1. The van der Waals surface area contributed by atoms with Crippen molar-refractivity contribution < 1.29 is 0 Å². The van der Waals surface area contributed by atoms with Gasteiger partial charge in [-0.05, 0) is 68.7 Å². The van der Waals surface area contributed by atoms with E-state index < -0.39 is 0 Å². The lowest BCUT2D eigenvalue weighted by Crippen LogP contribution is -2.46. The van der Waals surface area contributed by atoms with Crippen molar-refractivity contribution in [2.75, 3.05) is 55.2 Å². The number of aryl methyl sites for hydroxylation is 2. The molecule has 0 unspecified atom stereocenters. The zero-order valence-electron chi connectivity index (χ0n) is 22.2. The van der Waals surface area contributed by atoms with E-state index in [0.29, 0.717) is 11.4 Å². The van der Waals surface area contributed by atoms with Gasteiger partial charge in [-0.1, -0.05) is 46.2 Å². The van der Waals surface area contributed by atoms with Gasteiger partial charge in [0.15, 0.2) is 0 Å². The highest BCUT2D eigenvalue weighted by Crippen LogP contribution is 2.24. The van der Waals surface area contributed by atoms with Crippen LogP contribution in [-0.2, 0) is 12.8 Å². The minimum Gasteiger partial charge on any atom is -0.370 e. The van der Waals surface area contributed by atoms with Crippen molar-refractivity contribution >= 4 is 17.5 Å². The van der Waals surface area contributed by atoms with Crippen LogP contribution >= 0.6 is 0 Å². The molecule has 2 aromatic rings. The van der Waals surface area contributed by atoms with Crippen LogP contribution in [0.15, 0.2) is 24.3 Å². The lowest BCUT2D eigenvalue weighted by molar-refractivity contribution is 0.255. The van der Waals surface area contributed by atoms with Gasteiger partial charge in [0.2, 0.25) is 5.95 Å². The molecule has 0 spiro atoms. The molecule has 0 radical (unpaired) electrons. The number of hydrogen-bond acceptors (Lipinski definition) is 6. The average molecular weight is 467 g/mol. The summed E-state index contributed by atoms with van der Waals surface area (Å²) in [6, 6.07) is 9.25. The van der Waals surface area contributed by atoms with E-state index in [-0.39, 0.29) is 0 Å². The predicted octanol–water partition coefficient (Wildman–Crippen LogP) is 5.31. The Morgan fingerprint density at radius 1 is 0.971 bits per heavy atom. The van der Waals surface area contributed by atoms with Gasteiger partial charge in [0.25, 0.3) is 0 Å². The van der Waals surface area contributed by atoms with E-state index in [1.54, 1.807) is 0 Å². The zero-order valence-corrected chi connectivity index (χ0v) is 22.2. The fourth-order valence-corrected chi connectivity index (χ4v) is 4.55. The lowest BCUT2D eigenvalue weighted by atomic mass is 9.89. The van der Waals surface area contributed by atoms with Crippen molar-refractivity contribution in [2.45, 2.75) is 73.1 Å². The van der Waals surface area contributed by atoms with Gasteiger partial charge >= 0.3 is 0 Å². The number of unbranched alkanes of at least 4 members (excludes halogenated alkanes) is 1. The molecule has 6 heteroatoms. The minimum absolute atomic E-state index is 0.360. The molecule has 1 fully saturated rings. The number of benzene rings is 1. The van der Waals surface area contributed by atoms with Crippen molar-refractivity contribution in [3.05, 3.63) is 41.1 Å². The summed E-state index contributed by atoms with van der Waals surface area (Å²) in [6.45, 7) is 17.6. The highest BCUT2D eigenvalue weighted by molar-refractivity contribution is 5.50. The van der Waals surface area contributed by atoms with E-state index in [9.17, 15) is 0 Å². The summed E-state index contributed by atoms with van der Waals surface area (Å²) in [7, 11) is 0. The van der Waals surface area contributed by atoms with Crippen LogP contribution in [0.1, 0.15) is 70.2 Å². The number of nitrogens with two attached hydrogens (primary N) is 1. The quantitative estimate of drug-likeness (QED) is 0.437. The third-order valence-electron chi connectivity index (χ3n) is 6.79. The second-order valence-corrected chi connectivity index (χ2v) is 10.9. The first-order valence-electron chi connectivity index (χ1n) is 13.2. The van der Waals surface area contributed by atoms with Gasteiger partial charge in [0.1, 0.15) is 5.82 Å². The number of nitrogen functional groups attached to an aromatic ring is 1. The third kappa shape index (κ3) is 8.15. The van der Waals surface area contributed by atoms with E-state index in [0.717, 1.165) is 82.9 Å². The number of nitrogens with zero attached hydrogens (tertiary/aromatic N) is 4. The van der Waals surface area contributed by atoms with Crippen molar-refractivity contribution in [1.82, 2.24) is 14.9 Å². The average Bonchev–Trinajstić information content (AvgIpc) is 2.80. The van der Waals surface area contributed by atoms with E-state index >= 15 is 0 Å². The van der Waals surface area contributed by atoms with E-state index in [1.165, 1.54) is 23.2 Å². The SMILES string of the molecule is CCCCNc1nc(N)nc(C)c1CCCN1CCN(c2ccc(CCC(C)(C)C)cc2)CC1. The smallest absolute Gasteiger partial charge is 0.222 e. The predicted molar refractivity (Wildman–Crippen MR) is 146 cm³/mol. The topological polar surface area (TPSA) is 70.3 Å². The first-order valence-corrected chi connectivity index (χ1v) is 13.2. The standard InChI is InChI=1S/C28H46N6/c1-6-7-16-30-26-25(22(2)31-27(29)32-26)9-8-17-33-18-20-34(21-19-33)24-12-10-23(11-13-24)14-15-28(3,4)5/h10-13H,6-9,14-21H2,1-5H3,(H3,29,30,31,32). The first-order chi connectivity index (χ1) is 16.2. The fourth-order valence-electron chi connectivity index (χ4n) is 4.55. The Morgan fingerprint density at radius 2 is 1.68 bits per heavy atom. The number of rotatable bonds is 11. The van der Waals surface area contributed by atoms with Gasteiger partial charge in [-0.2, -0.15) is 4.98 Å². The van der Waals surface area contributed by atoms with Crippen molar-refractivity contribution in [2.24, 2.45) is 5.41 Å². The molecule has 188 valence electrons. The van der Waals surface area contributed by atoms with Crippen LogP contribution in [-0.4, -0.2) is 54.1 Å². The van der Waals surface area contributed by atoms with E-state index in [1.807, 2.05) is 6.92 Å². The van der Waals surface area contributed by atoms with Crippen LogP contribution in [0, 0.1) is 12.3 Å². The zero-order chi connectivity index (χ0) is 24.6. The van der Waals surface area contributed by atoms with Crippen LogP contribution in [0.2, 0.25) is 0 Å². The second-order valence-electron chi connectivity index (χ2n) is 10.9. The molecule has 1 aliphatic heterocycles. The lowest BCUT2D eigenvalue weighted by Gasteiger charge is -2.36. The maximum Gasteiger partial charge on any atom is 0.222 e. The van der Waals surface area contributed by atoms with Gasteiger partial charge in [0, 0.05) is 49.7 Å². The van der Waals surface area contributed by atoms with Gasteiger partial charge in [-0.25, -0.2) is 4.98 Å². The molecule has 1 aromatic heterocycles. The van der Waals surface area contributed by atoms with Gasteiger partial charge < -0.3 is 16.0 Å². The summed E-state index contributed by atoms with van der Waals surface area (Å²) in [6.07, 6.45) is 6.77. The molecule has 6 nitrogen and oxygen atoms in total. The number of aromatic nitrogens is 2. The Bertz CT molecular complexity index is 879. The molecule has 1 saturated heterocycles. The Labute approximate surface area is 207 Å². The van der Waals surface area contributed by atoms with Crippen LogP contribution in [0.3, 0.4) is 0 Å². The van der Waals surface area contributed by atoms with Crippen molar-refractivity contribution in [1.29, 1.82) is 0 Å². The molecule has 0 aliphatic carbocycles. The molecule has 2 heterocycles. The molecule has 0 saturated carbocycles. The third-order valence-corrected chi connectivity index (χ3v) is 6.79. The Hall–Kier alpha value is -2.34. The molecule has 3 rings (SSSR count). The molecule has 3 N–H and O–H groups in total. The molecule has 34 heavy (non-hydrogen) atoms. The molecule has 1 aliphatic rings. The second kappa shape index (κ2) is 12.4. The van der Waals surface area contributed by atoms with Crippen LogP contribution < -0.4 is 16.0 Å². The number of piperazine rings is 1. The Balaban J connectivity index is 1.45. The van der Waals surface area contributed by atoms with Gasteiger partial charge in [0.05, 0.1) is 0 Å². The highest BCUT2D eigenvalue weighted by atomic mass is 15.3. The van der Waals surface area contributed by atoms with Gasteiger partial charge in [-0.3, -0.25) is 4.90 Å². The minimum atomic E-state index is 0.360. The Morgan fingerprint density at radius 3 is 2.32 bits per heavy atom. The number of hydrogen-bond donors (Lipinski definition) is 2. The van der Waals surface area contributed by atoms with Crippen molar-refractivity contribution in [3.8, 4) is 0 Å². The fraction of sp³-hybridized carbons (Fsp3) is 0.643. The highest BCUT2D eigenvalue weighted by Gasteiger charge is 2.18. The van der Waals surface area contributed by atoms with E-state index in [2.05, 4.69) is 77.0 Å². The summed E-state index contributed by atoms with van der Waals surface area (Å²) < 4.78 is 0. The Kier molecular flexibility index (Phi) is 9.57. The van der Waals surface area contributed by atoms with Crippen LogP contribution in [0.4, 0.5) is 17.5 Å². The van der Waals surface area contributed by atoms with Crippen LogP contribution in [0.25, 0.3) is 0 Å². The normalized spacial score (nSPS) is 15.0. The molecule has 1 aromatic carbocycles. The molecular weight excluding hydrogens is 420 g/mol. The largest absolute Gasteiger partial charge is 0.370 e. The van der Waals surface area contributed by atoms with Crippen LogP contribution in [0.5, 0.6) is 0 Å². The molecule has 0 bridgehead atoms.